The lowest BCUT2D eigenvalue weighted by atomic mass is 10.1. The molecule has 6 rings (SSSR count). The van der Waals surface area contributed by atoms with Crippen LogP contribution in [0.4, 0.5) is 25.0 Å². The molecule has 40 heavy (non-hydrogen) atoms. The van der Waals surface area contributed by atoms with Gasteiger partial charge in [-0.2, -0.15) is 0 Å². The number of hydrogen-bond acceptors (Lipinski definition) is 5. The van der Waals surface area contributed by atoms with Crippen LogP contribution >= 0.6 is 0 Å². The van der Waals surface area contributed by atoms with E-state index in [-0.39, 0.29) is 23.2 Å². The Bertz CT molecular complexity index is 1740. The smallest absolute Gasteiger partial charge is 0.323 e. The number of rotatable bonds is 4. The van der Waals surface area contributed by atoms with Crippen LogP contribution in [0.3, 0.4) is 0 Å². The van der Waals surface area contributed by atoms with Crippen LogP contribution in [0.15, 0.2) is 69.5 Å². The lowest BCUT2D eigenvalue weighted by Crippen LogP contribution is -2.20. The highest BCUT2D eigenvalue weighted by Crippen LogP contribution is 2.30. The second-order valence-electron chi connectivity index (χ2n) is 9.81. The predicted molar refractivity (Wildman–Crippen MR) is 150 cm³/mol. The van der Waals surface area contributed by atoms with Gasteiger partial charge >= 0.3 is 6.03 Å². The molecule has 2 amide bonds. The van der Waals surface area contributed by atoms with Crippen LogP contribution in [0, 0.1) is 39.3 Å². The molecule has 0 unspecified atom stereocenters. The summed E-state index contributed by atoms with van der Waals surface area (Å²) in [5.74, 6) is -0.860. The van der Waals surface area contributed by atoms with E-state index in [2.05, 4.69) is 20.6 Å². The van der Waals surface area contributed by atoms with Crippen LogP contribution in [-0.4, -0.2) is 16.0 Å². The number of oxazole rings is 2. The third-order valence-corrected chi connectivity index (χ3v) is 6.94. The molecular weight excluding hydrogens is 514 g/mol. The van der Waals surface area contributed by atoms with Gasteiger partial charge in [-0.1, -0.05) is 0 Å². The molecule has 200 valence electrons. The van der Waals surface area contributed by atoms with Gasteiger partial charge in [0.2, 0.25) is 11.8 Å². The fourth-order valence-electron chi connectivity index (χ4n) is 4.38. The van der Waals surface area contributed by atoms with Crippen molar-refractivity contribution in [3.8, 4) is 22.9 Å². The lowest BCUT2D eigenvalue weighted by Gasteiger charge is -2.10. The summed E-state index contributed by atoms with van der Waals surface area (Å²) in [7, 11) is 0. The van der Waals surface area contributed by atoms with E-state index < -0.39 is 17.7 Å². The molecule has 0 aliphatic carbocycles. The molecule has 0 fully saturated rings. The number of nitrogens with one attached hydrogen (secondary N) is 2. The van der Waals surface area contributed by atoms with Gasteiger partial charge in [-0.05, 0) is 111 Å². The molecule has 0 aliphatic heterocycles. The molecule has 0 bridgehead atoms. The van der Waals surface area contributed by atoms with Gasteiger partial charge in [0.15, 0.2) is 11.2 Å². The van der Waals surface area contributed by atoms with Crippen LogP contribution in [0.25, 0.3) is 45.1 Å². The van der Waals surface area contributed by atoms with Gasteiger partial charge in [-0.15, -0.1) is 0 Å². The summed E-state index contributed by atoms with van der Waals surface area (Å²) in [6, 6.07) is 15.2. The molecule has 0 radical (unpaired) electrons. The van der Waals surface area contributed by atoms with Crippen molar-refractivity contribution in [2.24, 2.45) is 0 Å². The second-order valence-corrected chi connectivity index (χ2v) is 9.81. The fraction of sp³-hybridized carbons (Fsp3) is 0.129. The molecule has 6 aromatic rings. The number of aromatic nitrogens is 2. The van der Waals surface area contributed by atoms with Gasteiger partial charge in [-0.3, -0.25) is 0 Å². The third-order valence-electron chi connectivity index (χ3n) is 6.94. The highest BCUT2D eigenvalue weighted by atomic mass is 19.1. The number of halogens is 2. The summed E-state index contributed by atoms with van der Waals surface area (Å²) in [6.07, 6.45) is 0. The SMILES string of the molecule is Cc1cc2nc(-c3ccc(NC(=O)Nc4ccc(-c5nc6cc(C)c(C)cc6o5)cc4F)c(F)c3)oc2cc1C. The molecule has 2 N–H and O–H groups in total. The van der Waals surface area contributed by atoms with E-state index in [4.69, 9.17) is 8.83 Å². The minimum absolute atomic E-state index is 0.0851. The molecule has 9 heteroatoms. The maximum atomic E-state index is 14.9. The van der Waals surface area contributed by atoms with Crippen LogP contribution in [0.1, 0.15) is 22.3 Å². The minimum atomic E-state index is -0.807. The number of fused-ring (bicyclic) bond motifs is 2. The van der Waals surface area contributed by atoms with Gasteiger partial charge < -0.3 is 19.5 Å². The van der Waals surface area contributed by atoms with Gasteiger partial charge in [0.25, 0.3) is 0 Å². The molecule has 0 spiro atoms. The van der Waals surface area contributed by atoms with Crippen molar-refractivity contribution in [3.05, 3.63) is 94.6 Å². The zero-order chi connectivity index (χ0) is 28.1. The first kappa shape index (κ1) is 25.2. The topological polar surface area (TPSA) is 93.2 Å². The largest absolute Gasteiger partial charge is 0.436 e. The van der Waals surface area contributed by atoms with Crippen LogP contribution in [0.2, 0.25) is 0 Å². The summed E-state index contributed by atoms with van der Waals surface area (Å²) in [5, 5.41) is 4.81. The quantitative estimate of drug-likeness (QED) is 0.235. The fourth-order valence-corrected chi connectivity index (χ4v) is 4.38. The molecule has 4 aromatic carbocycles. The van der Waals surface area contributed by atoms with E-state index in [1.54, 1.807) is 12.1 Å². The third kappa shape index (κ3) is 4.66. The molecule has 2 aromatic heterocycles. The van der Waals surface area contributed by atoms with E-state index in [0.717, 1.165) is 22.3 Å². The standard InChI is InChI=1S/C31H24F2N4O3/c1-15-9-25-27(11-17(15)3)39-29(34-25)19-5-7-23(21(32)13-19)36-31(38)37-24-8-6-20(14-22(24)33)30-35-26-10-16(2)18(4)12-28(26)40-30/h5-14H,1-4H3,(H2,36,37,38). The lowest BCUT2D eigenvalue weighted by molar-refractivity contribution is 0.262. The van der Waals surface area contributed by atoms with E-state index >= 15 is 0 Å². The molecular formula is C31H24F2N4O3. The number of nitrogens with zero attached hydrogens (tertiary/aromatic N) is 2. The summed E-state index contributed by atoms with van der Waals surface area (Å²) < 4.78 is 41.3. The van der Waals surface area contributed by atoms with Gasteiger partial charge in [-0.25, -0.2) is 23.5 Å². The number of carbonyl (C=O) groups is 1. The Balaban J connectivity index is 1.17. The Morgan fingerprint density at radius 2 is 1.02 bits per heavy atom. The highest BCUT2D eigenvalue weighted by molar-refractivity contribution is 6.00. The summed E-state index contributed by atoms with van der Waals surface area (Å²) in [5.41, 5.74) is 7.51. The van der Waals surface area contributed by atoms with Crippen molar-refractivity contribution in [3.63, 3.8) is 0 Å². The van der Waals surface area contributed by atoms with E-state index in [9.17, 15) is 13.6 Å². The van der Waals surface area contributed by atoms with Gasteiger partial charge in [0.1, 0.15) is 22.7 Å². The van der Waals surface area contributed by atoms with Crippen molar-refractivity contribution < 1.29 is 22.4 Å². The first-order chi connectivity index (χ1) is 19.1. The maximum absolute atomic E-state index is 14.9. The minimum Gasteiger partial charge on any atom is -0.436 e. The second kappa shape index (κ2) is 9.60. The van der Waals surface area contributed by atoms with Crippen LogP contribution in [0.5, 0.6) is 0 Å². The number of urea groups is 1. The summed E-state index contributed by atoms with van der Waals surface area (Å²) in [4.78, 5) is 21.4. The van der Waals surface area contributed by atoms with E-state index in [0.29, 0.717) is 33.3 Å². The first-order valence-corrected chi connectivity index (χ1v) is 12.6. The van der Waals surface area contributed by atoms with Crippen molar-refractivity contribution in [2.45, 2.75) is 27.7 Å². The average Bonchev–Trinajstić information content (AvgIpc) is 3.50. The zero-order valence-corrected chi connectivity index (χ0v) is 22.1. The van der Waals surface area contributed by atoms with Crippen LogP contribution in [-0.2, 0) is 0 Å². The van der Waals surface area contributed by atoms with Crippen molar-refractivity contribution in [1.29, 1.82) is 0 Å². The zero-order valence-electron chi connectivity index (χ0n) is 22.1. The molecule has 0 atom stereocenters. The Labute approximate surface area is 227 Å². The Morgan fingerprint density at radius 1 is 0.625 bits per heavy atom. The maximum Gasteiger partial charge on any atom is 0.323 e. The normalized spacial score (nSPS) is 11.3. The number of benzene rings is 4. The van der Waals surface area contributed by atoms with Gasteiger partial charge in [0.05, 0.1) is 11.4 Å². The van der Waals surface area contributed by atoms with Crippen molar-refractivity contribution in [1.82, 2.24) is 9.97 Å². The molecule has 0 aliphatic rings. The number of carbonyl (C=O) groups excluding carboxylic acids is 1. The first-order valence-electron chi connectivity index (χ1n) is 12.6. The van der Waals surface area contributed by atoms with Crippen LogP contribution < -0.4 is 10.6 Å². The predicted octanol–water partition coefficient (Wildman–Crippen LogP) is 8.46. The summed E-state index contributed by atoms with van der Waals surface area (Å²) in [6.45, 7) is 7.91. The van der Waals surface area contributed by atoms with E-state index in [1.807, 2.05) is 52.0 Å². The Hall–Kier alpha value is -5.05. The van der Waals surface area contributed by atoms with Crippen molar-refractivity contribution >= 4 is 39.6 Å². The Kier molecular flexibility index (Phi) is 6.06. The highest BCUT2D eigenvalue weighted by Gasteiger charge is 2.16. The molecule has 0 saturated carbocycles. The average molecular weight is 539 g/mol. The number of aryl methyl sites for hydroxylation is 4. The monoisotopic (exact) mass is 538 g/mol. The molecule has 7 nitrogen and oxygen atoms in total. The Morgan fingerprint density at radius 3 is 1.43 bits per heavy atom. The molecule has 0 saturated heterocycles. The van der Waals surface area contributed by atoms with Gasteiger partial charge in [0, 0.05) is 11.1 Å². The molecule has 2 heterocycles. The number of hydrogen-bond donors (Lipinski definition) is 2. The number of amides is 2. The van der Waals surface area contributed by atoms with E-state index in [1.165, 1.54) is 24.3 Å². The summed E-state index contributed by atoms with van der Waals surface area (Å²) >= 11 is 0. The number of anilines is 2. The van der Waals surface area contributed by atoms with Crippen molar-refractivity contribution in [2.75, 3.05) is 10.6 Å².